The molecule has 0 spiro atoms. The van der Waals surface area contributed by atoms with Gasteiger partial charge in [-0.1, -0.05) is 11.6 Å². The summed E-state index contributed by atoms with van der Waals surface area (Å²) in [4.78, 5) is 10.9. The van der Waals surface area contributed by atoms with Crippen molar-refractivity contribution >= 4 is 28.9 Å². The molecule has 3 nitrogen and oxygen atoms in total. The van der Waals surface area contributed by atoms with Gasteiger partial charge < -0.3 is 10.6 Å². The monoisotopic (exact) mass is 252 g/mol. The van der Waals surface area contributed by atoms with Crippen molar-refractivity contribution in [1.29, 1.82) is 0 Å². The van der Waals surface area contributed by atoms with Crippen LogP contribution in [0.4, 0.5) is 11.4 Å². The first-order chi connectivity index (χ1) is 8.06. The SMILES string of the molecule is CC(=O)Nc1ccc(NC(C)C2CC2)cc1Cl. The van der Waals surface area contributed by atoms with E-state index in [1.807, 2.05) is 18.2 Å². The van der Waals surface area contributed by atoms with E-state index in [9.17, 15) is 4.79 Å². The van der Waals surface area contributed by atoms with Crippen LogP contribution in [0.2, 0.25) is 5.02 Å². The highest BCUT2D eigenvalue weighted by atomic mass is 35.5. The van der Waals surface area contributed by atoms with Crippen LogP contribution in [0.25, 0.3) is 0 Å². The maximum Gasteiger partial charge on any atom is 0.221 e. The van der Waals surface area contributed by atoms with Crippen LogP contribution < -0.4 is 10.6 Å². The van der Waals surface area contributed by atoms with Gasteiger partial charge in [0.15, 0.2) is 0 Å². The van der Waals surface area contributed by atoms with Gasteiger partial charge >= 0.3 is 0 Å². The smallest absolute Gasteiger partial charge is 0.221 e. The van der Waals surface area contributed by atoms with Gasteiger partial charge in [0.25, 0.3) is 0 Å². The molecule has 1 aromatic rings. The Kier molecular flexibility index (Phi) is 3.57. The number of halogens is 1. The van der Waals surface area contributed by atoms with E-state index in [2.05, 4.69) is 17.6 Å². The summed E-state index contributed by atoms with van der Waals surface area (Å²) in [6.07, 6.45) is 2.62. The summed E-state index contributed by atoms with van der Waals surface area (Å²) >= 11 is 6.10. The molecule has 1 atom stereocenters. The van der Waals surface area contributed by atoms with E-state index >= 15 is 0 Å². The largest absolute Gasteiger partial charge is 0.382 e. The number of anilines is 2. The average Bonchev–Trinajstić information content (AvgIpc) is 3.05. The third kappa shape index (κ3) is 3.37. The van der Waals surface area contributed by atoms with Gasteiger partial charge in [-0.2, -0.15) is 0 Å². The third-order valence-corrected chi connectivity index (χ3v) is 3.32. The molecule has 1 aromatic carbocycles. The summed E-state index contributed by atoms with van der Waals surface area (Å²) in [6.45, 7) is 3.66. The van der Waals surface area contributed by atoms with Crippen LogP contribution in [-0.4, -0.2) is 11.9 Å². The van der Waals surface area contributed by atoms with Crippen molar-refractivity contribution in [2.75, 3.05) is 10.6 Å². The molecule has 1 aliphatic rings. The highest BCUT2D eigenvalue weighted by Gasteiger charge is 2.27. The van der Waals surface area contributed by atoms with E-state index < -0.39 is 0 Å². The zero-order valence-electron chi connectivity index (χ0n) is 10.1. The van der Waals surface area contributed by atoms with Crippen LogP contribution in [0.3, 0.4) is 0 Å². The summed E-state index contributed by atoms with van der Waals surface area (Å²) in [5, 5.41) is 6.68. The van der Waals surface area contributed by atoms with Gasteiger partial charge in [0.05, 0.1) is 10.7 Å². The van der Waals surface area contributed by atoms with E-state index in [0.717, 1.165) is 11.6 Å². The van der Waals surface area contributed by atoms with Gasteiger partial charge in [-0.15, -0.1) is 0 Å². The highest BCUT2D eigenvalue weighted by Crippen LogP contribution is 2.34. The molecule has 1 fully saturated rings. The summed E-state index contributed by atoms with van der Waals surface area (Å²) in [7, 11) is 0. The molecule has 0 radical (unpaired) electrons. The minimum absolute atomic E-state index is 0.112. The van der Waals surface area contributed by atoms with Crippen LogP contribution in [0.5, 0.6) is 0 Å². The Balaban J connectivity index is 2.04. The molecule has 1 saturated carbocycles. The Labute approximate surface area is 107 Å². The van der Waals surface area contributed by atoms with Crippen molar-refractivity contribution in [3.05, 3.63) is 23.2 Å². The maximum absolute atomic E-state index is 10.9. The number of carbonyl (C=O) groups excluding carboxylic acids is 1. The van der Waals surface area contributed by atoms with E-state index in [-0.39, 0.29) is 5.91 Å². The second-order valence-electron chi connectivity index (χ2n) is 4.65. The molecular weight excluding hydrogens is 236 g/mol. The van der Waals surface area contributed by atoms with E-state index in [1.54, 1.807) is 0 Å². The molecule has 1 aliphatic carbocycles. The maximum atomic E-state index is 10.9. The Bertz CT molecular complexity index is 429. The molecule has 0 bridgehead atoms. The molecule has 2 N–H and O–H groups in total. The Morgan fingerprint density at radius 1 is 1.47 bits per heavy atom. The summed E-state index contributed by atoms with van der Waals surface area (Å²) in [5.74, 6) is 0.683. The molecule has 1 amide bonds. The number of carbonyl (C=O) groups is 1. The second-order valence-corrected chi connectivity index (χ2v) is 5.05. The van der Waals surface area contributed by atoms with Crippen molar-refractivity contribution in [2.45, 2.75) is 32.7 Å². The number of nitrogens with one attached hydrogen (secondary N) is 2. The van der Waals surface area contributed by atoms with Crippen LogP contribution in [0.15, 0.2) is 18.2 Å². The fourth-order valence-electron chi connectivity index (χ4n) is 1.87. The standard InChI is InChI=1S/C13H17ClN2O/c1-8(10-3-4-10)15-11-5-6-13(12(14)7-11)16-9(2)17/h5-8,10,15H,3-4H2,1-2H3,(H,16,17). The molecule has 17 heavy (non-hydrogen) atoms. The normalized spacial score (nSPS) is 16.4. The molecular formula is C13H17ClN2O. The Hall–Kier alpha value is -1.22. The predicted molar refractivity (Wildman–Crippen MR) is 71.6 cm³/mol. The van der Waals surface area contributed by atoms with Gasteiger partial charge in [0.2, 0.25) is 5.91 Å². The predicted octanol–water partition coefficient (Wildman–Crippen LogP) is 3.51. The van der Waals surface area contributed by atoms with Crippen molar-refractivity contribution in [2.24, 2.45) is 5.92 Å². The first-order valence-corrected chi connectivity index (χ1v) is 6.27. The first-order valence-electron chi connectivity index (χ1n) is 5.90. The van der Waals surface area contributed by atoms with Crippen LogP contribution in [0, 0.1) is 5.92 Å². The number of benzene rings is 1. The van der Waals surface area contributed by atoms with Crippen LogP contribution in [-0.2, 0) is 4.79 Å². The van der Waals surface area contributed by atoms with Crippen molar-refractivity contribution < 1.29 is 4.79 Å². The zero-order chi connectivity index (χ0) is 12.4. The minimum Gasteiger partial charge on any atom is -0.382 e. The summed E-state index contributed by atoms with van der Waals surface area (Å²) < 4.78 is 0. The molecule has 4 heteroatoms. The number of amides is 1. The fourth-order valence-corrected chi connectivity index (χ4v) is 2.10. The molecule has 0 heterocycles. The van der Waals surface area contributed by atoms with Gasteiger partial charge in [-0.3, -0.25) is 4.79 Å². The minimum atomic E-state index is -0.112. The zero-order valence-corrected chi connectivity index (χ0v) is 10.8. The Morgan fingerprint density at radius 2 is 2.18 bits per heavy atom. The molecule has 0 saturated heterocycles. The average molecular weight is 253 g/mol. The van der Waals surface area contributed by atoms with Crippen LogP contribution >= 0.6 is 11.6 Å². The fraction of sp³-hybridized carbons (Fsp3) is 0.462. The Morgan fingerprint density at radius 3 is 2.71 bits per heavy atom. The number of hydrogen-bond acceptors (Lipinski definition) is 2. The van der Waals surface area contributed by atoms with Gasteiger partial charge in [-0.05, 0) is 43.9 Å². The molecule has 2 rings (SSSR count). The lowest BCUT2D eigenvalue weighted by atomic mass is 10.2. The third-order valence-electron chi connectivity index (χ3n) is 3.00. The van der Waals surface area contributed by atoms with E-state index in [0.29, 0.717) is 16.8 Å². The number of hydrogen-bond donors (Lipinski definition) is 2. The lowest BCUT2D eigenvalue weighted by Crippen LogP contribution is -2.17. The van der Waals surface area contributed by atoms with Gasteiger partial charge in [0.1, 0.15) is 0 Å². The lowest BCUT2D eigenvalue weighted by Gasteiger charge is -2.15. The van der Waals surface area contributed by atoms with E-state index in [1.165, 1.54) is 19.8 Å². The van der Waals surface area contributed by atoms with E-state index in [4.69, 9.17) is 11.6 Å². The van der Waals surface area contributed by atoms with Crippen molar-refractivity contribution in [3.63, 3.8) is 0 Å². The molecule has 0 aromatic heterocycles. The number of rotatable bonds is 4. The van der Waals surface area contributed by atoms with Gasteiger partial charge in [0, 0.05) is 18.7 Å². The second kappa shape index (κ2) is 4.96. The van der Waals surface area contributed by atoms with Gasteiger partial charge in [-0.25, -0.2) is 0 Å². The summed E-state index contributed by atoms with van der Waals surface area (Å²) in [5.41, 5.74) is 1.66. The summed E-state index contributed by atoms with van der Waals surface area (Å²) in [6, 6.07) is 6.10. The van der Waals surface area contributed by atoms with Crippen molar-refractivity contribution in [1.82, 2.24) is 0 Å². The molecule has 1 unspecified atom stereocenters. The first kappa shape index (κ1) is 12.2. The highest BCUT2D eigenvalue weighted by molar-refractivity contribution is 6.34. The molecule has 0 aliphatic heterocycles. The topological polar surface area (TPSA) is 41.1 Å². The quantitative estimate of drug-likeness (QED) is 0.861. The van der Waals surface area contributed by atoms with Crippen molar-refractivity contribution in [3.8, 4) is 0 Å². The lowest BCUT2D eigenvalue weighted by molar-refractivity contribution is -0.114. The molecule has 92 valence electrons. The van der Waals surface area contributed by atoms with Crippen LogP contribution in [0.1, 0.15) is 26.7 Å².